The highest BCUT2D eigenvalue weighted by molar-refractivity contribution is 6.33. The summed E-state index contributed by atoms with van der Waals surface area (Å²) in [6.07, 6.45) is 2.38. The highest BCUT2D eigenvalue weighted by Gasteiger charge is 2.15. The molecule has 1 aliphatic rings. The number of anilines is 2. The van der Waals surface area contributed by atoms with Crippen LogP contribution in [0.3, 0.4) is 0 Å². The van der Waals surface area contributed by atoms with Gasteiger partial charge in [0.15, 0.2) is 6.61 Å². The average Bonchev–Trinajstić information content (AvgIpc) is 3.08. The van der Waals surface area contributed by atoms with Crippen molar-refractivity contribution < 1.29 is 9.53 Å². The molecular weight excluding hydrogens is 347 g/mol. The Morgan fingerprint density at radius 1 is 1.08 bits per heavy atom. The fourth-order valence-electron chi connectivity index (χ4n) is 2.70. The SMILES string of the molecule is O=C(COc1ccccc1Cl)Nc1ccc(N2CCCC2)c(Cl)c1. The Kier molecular flexibility index (Phi) is 5.48. The lowest BCUT2D eigenvalue weighted by Crippen LogP contribution is -2.21. The van der Waals surface area contributed by atoms with Gasteiger partial charge in [-0.25, -0.2) is 0 Å². The molecule has 2 aromatic carbocycles. The number of para-hydroxylation sites is 1. The standard InChI is InChI=1S/C18H18Cl2N2O2/c19-14-5-1-2-6-17(14)24-12-18(23)21-13-7-8-16(15(20)11-13)22-9-3-4-10-22/h1-2,5-8,11H,3-4,9-10,12H2,(H,21,23). The van der Waals surface area contributed by atoms with Crippen molar-refractivity contribution in [1.29, 1.82) is 0 Å². The van der Waals surface area contributed by atoms with E-state index in [0.29, 0.717) is 21.5 Å². The first-order valence-electron chi connectivity index (χ1n) is 7.85. The van der Waals surface area contributed by atoms with E-state index in [1.807, 2.05) is 12.1 Å². The molecule has 0 unspecified atom stereocenters. The molecule has 0 atom stereocenters. The summed E-state index contributed by atoms with van der Waals surface area (Å²) in [5.74, 6) is 0.219. The molecule has 1 amide bonds. The second-order valence-electron chi connectivity index (χ2n) is 5.63. The molecular formula is C18H18Cl2N2O2. The largest absolute Gasteiger partial charge is 0.482 e. The Bertz CT molecular complexity index is 731. The van der Waals surface area contributed by atoms with E-state index in [-0.39, 0.29) is 12.5 Å². The normalized spacial score (nSPS) is 13.8. The van der Waals surface area contributed by atoms with E-state index in [1.54, 1.807) is 30.3 Å². The summed E-state index contributed by atoms with van der Waals surface area (Å²) in [7, 11) is 0. The van der Waals surface area contributed by atoms with Crippen LogP contribution in [0.2, 0.25) is 10.0 Å². The van der Waals surface area contributed by atoms with Gasteiger partial charge in [0.1, 0.15) is 5.75 Å². The number of halogens is 2. The summed E-state index contributed by atoms with van der Waals surface area (Å²) in [6, 6.07) is 12.6. The van der Waals surface area contributed by atoms with E-state index in [4.69, 9.17) is 27.9 Å². The van der Waals surface area contributed by atoms with Crippen molar-refractivity contribution in [3.05, 3.63) is 52.5 Å². The van der Waals surface area contributed by atoms with E-state index in [0.717, 1.165) is 18.8 Å². The van der Waals surface area contributed by atoms with Gasteiger partial charge in [-0.2, -0.15) is 0 Å². The molecule has 1 saturated heterocycles. The molecule has 1 fully saturated rings. The monoisotopic (exact) mass is 364 g/mol. The van der Waals surface area contributed by atoms with Gasteiger partial charge < -0.3 is 15.0 Å². The minimum Gasteiger partial charge on any atom is -0.482 e. The maximum Gasteiger partial charge on any atom is 0.262 e. The first-order valence-corrected chi connectivity index (χ1v) is 8.61. The minimum atomic E-state index is -0.264. The summed E-state index contributed by atoms with van der Waals surface area (Å²) in [6.45, 7) is 1.93. The van der Waals surface area contributed by atoms with Crippen LogP contribution in [0.15, 0.2) is 42.5 Å². The smallest absolute Gasteiger partial charge is 0.262 e. The van der Waals surface area contributed by atoms with E-state index in [1.165, 1.54) is 12.8 Å². The van der Waals surface area contributed by atoms with Crippen molar-refractivity contribution in [3.63, 3.8) is 0 Å². The van der Waals surface area contributed by atoms with E-state index < -0.39 is 0 Å². The fraction of sp³-hybridized carbons (Fsp3) is 0.278. The second-order valence-corrected chi connectivity index (χ2v) is 6.44. The minimum absolute atomic E-state index is 0.116. The molecule has 126 valence electrons. The number of hydrogen-bond acceptors (Lipinski definition) is 3. The molecule has 2 aromatic rings. The van der Waals surface area contributed by atoms with Crippen molar-refractivity contribution in [2.75, 3.05) is 29.9 Å². The van der Waals surface area contributed by atoms with Crippen LogP contribution in [0.4, 0.5) is 11.4 Å². The van der Waals surface area contributed by atoms with Crippen molar-refractivity contribution in [2.24, 2.45) is 0 Å². The van der Waals surface area contributed by atoms with Crippen LogP contribution in [0, 0.1) is 0 Å². The summed E-state index contributed by atoms with van der Waals surface area (Å²) in [5, 5.41) is 3.90. The molecule has 1 aliphatic heterocycles. The maximum atomic E-state index is 12.0. The highest BCUT2D eigenvalue weighted by Crippen LogP contribution is 2.31. The Labute approximate surface area is 151 Å². The molecule has 3 rings (SSSR count). The first-order chi connectivity index (χ1) is 11.6. The van der Waals surface area contributed by atoms with Gasteiger partial charge in [0.05, 0.1) is 15.7 Å². The van der Waals surface area contributed by atoms with E-state index in [9.17, 15) is 4.79 Å². The Morgan fingerprint density at radius 3 is 2.54 bits per heavy atom. The molecule has 0 radical (unpaired) electrons. The summed E-state index contributed by atoms with van der Waals surface area (Å²) in [5.41, 5.74) is 1.66. The van der Waals surface area contributed by atoms with Crippen molar-refractivity contribution in [1.82, 2.24) is 0 Å². The van der Waals surface area contributed by atoms with Gasteiger partial charge in [0.2, 0.25) is 0 Å². The summed E-state index contributed by atoms with van der Waals surface area (Å²) in [4.78, 5) is 14.3. The third kappa shape index (κ3) is 4.13. The average molecular weight is 365 g/mol. The topological polar surface area (TPSA) is 41.6 Å². The Balaban J connectivity index is 1.58. The lowest BCUT2D eigenvalue weighted by Gasteiger charge is -2.19. The molecule has 6 heteroatoms. The lowest BCUT2D eigenvalue weighted by atomic mass is 10.2. The van der Waals surface area contributed by atoms with Gasteiger partial charge in [-0.05, 0) is 43.2 Å². The zero-order valence-electron chi connectivity index (χ0n) is 13.1. The lowest BCUT2D eigenvalue weighted by molar-refractivity contribution is -0.118. The highest BCUT2D eigenvalue weighted by atomic mass is 35.5. The van der Waals surface area contributed by atoms with Crippen LogP contribution in [0.25, 0.3) is 0 Å². The molecule has 0 saturated carbocycles. The molecule has 1 heterocycles. The number of carbonyl (C=O) groups is 1. The van der Waals surface area contributed by atoms with Gasteiger partial charge in [-0.15, -0.1) is 0 Å². The van der Waals surface area contributed by atoms with Crippen LogP contribution in [0.1, 0.15) is 12.8 Å². The number of carbonyl (C=O) groups excluding carboxylic acids is 1. The Hall–Kier alpha value is -1.91. The number of hydrogen-bond donors (Lipinski definition) is 1. The molecule has 0 aromatic heterocycles. The number of nitrogens with one attached hydrogen (secondary N) is 1. The Morgan fingerprint density at radius 2 is 1.83 bits per heavy atom. The van der Waals surface area contributed by atoms with Crippen LogP contribution < -0.4 is 15.0 Å². The van der Waals surface area contributed by atoms with Gasteiger partial charge in [-0.1, -0.05) is 35.3 Å². The van der Waals surface area contributed by atoms with Gasteiger partial charge in [0, 0.05) is 18.8 Å². The van der Waals surface area contributed by atoms with Crippen LogP contribution in [0.5, 0.6) is 5.75 Å². The zero-order chi connectivity index (χ0) is 16.9. The van der Waals surface area contributed by atoms with Crippen LogP contribution >= 0.6 is 23.2 Å². The molecule has 0 bridgehead atoms. The quantitative estimate of drug-likeness (QED) is 0.841. The number of benzene rings is 2. The molecule has 0 spiro atoms. The molecule has 24 heavy (non-hydrogen) atoms. The third-order valence-corrected chi connectivity index (χ3v) is 4.49. The number of nitrogens with zero attached hydrogens (tertiary/aromatic N) is 1. The van der Waals surface area contributed by atoms with Crippen LogP contribution in [-0.2, 0) is 4.79 Å². The second kappa shape index (κ2) is 7.77. The van der Waals surface area contributed by atoms with Crippen molar-refractivity contribution in [2.45, 2.75) is 12.8 Å². The van der Waals surface area contributed by atoms with Gasteiger partial charge in [0.25, 0.3) is 5.91 Å². The number of rotatable bonds is 5. The third-order valence-electron chi connectivity index (χ3n) is 3.87. The van der Waals surface area contributed by atoms with Crippen molar-refractivity contribution in [3.8, 4) is 5.75 Å². The maximum absolute atomic E-state index is 12.0. The van der Waals surface area contributed by atoms with Crippen molar-refractivity contribution >= 4 is 40.5 Å². The van der Waals surface area contributed by atoms with Gasteiger partial charge in [-0.3, -0.25) is 4.79 Å². The number of ether oxygens (including phenoxy) is 1. The first kappa shape index (κ1) is 16.9. The number of amides is 1. The molecule has 0 aliphatic carbocycles. The molecule has 4 nitrogen and oxygen atoms in total. The van der Waals surface area contributed by atoms with Crippen LogP contribution in [-0.4, -0.2) is 25.6 Å². The predicted octanol–water partition coefficient (Wildman–Crippen LogP) is 4.61. The van der Waals surface area contributed by atoms with E-state index >= 15 is 0 Å². The molecule has 1 N–H and O–H groups in total. The fourth-order valence-corrected chi connectivity index (χ4v) is 3.19. The van der Waals surface area contributed by atoms with Gasteiger partial charge >= 0.3 is 0 Å². The predicted molar refractivity (Wildman–Crippen MR) is 98.5 cm³/mol. The van der Waals surface area contributed by atoms with E-state index in [2.05, 4.69) is 10.2 Å². The summed E-state index contributed by atoms with van der Waals surface area (Å²) >= 11 is 12.3. The summed E-state index contributed by atoms with van der Waals surface area (Å²) < 4.78 is 5.42. The zero-order valence-corrected chi connectivity index (χ0v) is 14.6.